The predicted molar refractivity (Wildman–Crippen MR) is 106 cm³/mol. The normalized spacial score (nSPS) is 17.3. The molecule has 0 saturated carbocycles. The van der Waals surface area contributed by atoms with Crippen LogP contribution in [0.4, 0.5) is 5.69 Å². The summed E-state index contributed by atoms with van der Waals surface area (Å²) in [4.78, 5) is 2.46. The van der Waals surface area contributed by atoms with Crippen molar-refractivity contribution in [2.45, 2.75) is 64.8 Å². The predicted octanol–water partition coefficient (Wildman–Crippen LogP) is 5.00. The van der Waals surface area contributed by atoms with E-state index >= 15 is 0 Å². The summed E-state index contributed by atoms with van der Waals surface area (Å²) in [5, 5.41) is 0.270. The van der Waals surface area contributed by atoms with E-state index in [0.717, 1.165) is 39.1 Å². The molecule has 0 atom stereocenters. The van der Waals surface area contributed by atoms with Crippen LogP contribution >= 0.6 is 0 Å². The molecule has 1 saturated heterocycles. The smallest absolute Gasteiger partial charge is 0.192 e. The first-order valence-electron chi connectivity index (χ1n) is 9.26. The molecule has 1 aromatic carbocycles. The zero-order valence-electron chi connectivity index (χ0n) is 16.4. The molecule has 0 radical (unpaired) electrons. The van der Waals surface area contributed by atoms with Crippen molar-refractivity contribution in [2.75, 3.05) is 31.2 Å². The average molecular weight is 350 g/mol. The minimum Gasteiger partial charge on any atom is -0.414 e. The third kappa shape index (κ3) is 5.33. The van der Waals surface area contributed by atoms with E-state index in [9.17, 15) is 0 Å². The number of hydrogen-bond donors (Lipinski definition) is 0. The standard InChI is InChI=1S/C20H35NO2Si/c1-17-7-9-18(10-8-17)21-13-11-19(12-14-21)22-15-16-23-24(5,6)20(2,3)4/h7-10,19H,11-16H2,1-6H3. The third-order valence-corrected chi connectivity index (χ3v) is 10.1. The van der Waals surface area contributed by atoms with Gasteiger partial charge in [-0.15, -0.1) is 0 Å². The van der Waals surface area contributed by atoms with Gasteiger partial charge in [0, 0.05) is 18.8 Å². The fourth-order valence-electron chi connectivity index (χ4n) is 2.76. The van der Waals surface area contributed by atoms with Crippen molar-refractivity contribution >= 4 is 14.0 Å². The first kappa shape index (κ1) is 19.5. The second-order valence-corrected chi connectivity index (χ2v) is 13.3. The van der Waals surface area contributed by atoms with E-state index in [0.29, 0.717) is 6.10 Å². The second kappa shape index (κ2) is 8.02. The minimum absolute atomic E-state index is 0.270. The fourth-order valence-corrected chi connectivity index (χ4v) is 3.79. The van der Waals surface area contributed by atoms with Crippen molar-refractivity contribution in [1.82, 2.24) is 0 Å². The van der Waals surface area contributed by atoms with E-state index < -0.39 is 8.32 Å². The molecule has 1 heterocycles. The monoisotopic (exact) mass is 349 g/mol. The average Bonchev–Trinajstić information content (AvgIpc) is 2.52. The summed E-state index contributed by atoms with van der Waals surface area (Å²) in [6.45, 7) is 17.2. The number of aryl methyl sites for hydroxylation is 1. The van der Waals surface area contributed by atoms with Gasteiger partial charge >= 0.3 is 0 Å². The first-order chi connectivity index (χ1) is 11.2. The van der Waals surface area contributed by atoms with Crippen molar-refractivity contribution in [2.24, 2.45) is 0 Å². The van der Waals surface area contributed by atoms with E-state index in [2.05, 4.69) is 70.0 Å². The molecule has 0 spiro atoms. The van der Waals surface area contributed by atoms with Crippen molar-refractivity contribution in [1.29, 1.82) is 0 Å². The summed E-state index contributed by atoms with van der Waals surface area (Å²) in [7, 11) is -1.64. The van der Waals surface area contributed by atoms with Crippen molar-refractivity contribution < 1.29 is 9.16 Å². The Balaban J connectivity index is 1.67. The Bertz CT molecular complexity index is 499. The summed E-state index contributed by atoms with van der Waals surface area (Å²) in [6, 6.07) is 8.83. The Morgan fingerprint density at radius 2 is 1.62 bits per heavy atom. The van der Waals surface area contributed by atoms with Crippen LogP contribution in [-0.4, -0.2) is 40.7 Å². The molecule has 1 fully saturated rings. The number of benzene rings is 1. The molecule has 4 heteroatoms. The molecule has 0 aliphatic carbocycles. The largest absolute Gasteiger partial charge is 0.414 e. The molecule has 0 amide bonds. The van der Waals surface area contributed by atoms with Crippen LogP contribution in [0, 0.1) is 6.92 Å². The zero-order chi connectivity index (χ0) is 17.8. The van der Waals surface area contributed by atoms with Gasteiger partial charge < -0.3 is 14.1 Å². The number of nitrogens with zero attached hydrogens (tertiary/aromatic N) is 1. The van der Waals surface area contributed by atoms with E-state index in [-0.39, 0.29) is 5.04 Å². The summed E-state index contributed by atoms with van der Waals surface area (Å²) in [5.74, 6) is 0. The van der Waals surface area contributed by atoms with Crippen LogP contribution in [0.1, 0.15) is 39.2 Å². The molecule has 24 heavy (non-hydrogen) atoms. The van der Waals surface area contributed by atoms with Gasteiger partial charge in [0.05, 0.1) is 19.3 Å². The highest BCUT2D eigenvalue weighted by atomic mass is 28.4. The molecule has 136 valence electrons. The van der Waals surface area contributed by atoms with E-state index in [4.69, 9.17) is 9.16 Å². The van der Waals surface area contributed by atoms with Crippen LogP contribution in [-0.2, 0) is 9.16 Å². The van der Waals surface area contributed by atoms with Crippen LogP contribution in [0.3, 0.4) is 0 Å². The topological polar surface area (TPSA) is 21.7 Å². The van der Waals surface area contributed by atoms with E-state index in [1.54, 1.807) is 0 Å². The SMILES string of the molecule is Cc1ccc(N2CCC(OCCO[Si](C)(C)C(C)(C)C)CC2)cc1. The maximum Gasteiger partial charge on any atom is 0.192 e. The highest BCUT2D eigenvalue weighted by Gasteiger charge is 2.36. The van der Waals surface area contributed by atoms with Crippen LogP contribution in [0.2, 0.25) is 18.1 Å². The number of rotatable bonds is 6. The van der Waals surface area contributed by atoms with Crippen molar-refractivity contribution in [3.8, 4) is 0 Å². The molecule has 1 aliphatic heterocycles. The van der Waals surface area contributed by atoms with Gasteiger partial charge in [-0.1, -0.05) is 38.5 Å². The maximum atomic E-state index is 6.19. The Morgan fingerprint density at radius 3 is 2.17 bits per heavy atom. The number of hydrogen-bond acceptors (Lipinski definition) is 3. The van der Waals surface area contributed by atoms with Gasteiger partial charge in [-0.2, -0.15) is 0 Å². The van der Waals surface area contributed by atoms with E-state index in [1.807, 2.05) is 0 Å². The summed E-state index contributed by atoms with van der Waals surface area (Å²) in [5.41, 5.74) is 2.65. The molecule has 0 bridgehead atoms. The van der Waals surface area contributed by atoms with Gasteiger partial charge in [0.15, 0.2) is 8.32 Å². The van der Waals surface area contributed by atoms with Gasteiger partial charge in [0.2, 0.25) is 0 Å². The molecule has 0 unspecified atom stereocenters. The lowest BCUT2D eigenvalue weighted by atomic mass is 10.1. The molecule has 0 aromatic heterocycles. The first-order valence-corrected chi connectivity index (χ1v) is 12.2. The van der Waals surface area contributed by atoms with Crippen molar-refractivity contribution in [3.63, 3.8) is 0 Å². The quantitative estimate of drug-likeness (QED) is 0.533. The molecule has 0 N–H and O–H groups in total. The maximum absolute atomic E-state index is 6.19. The fraction of sp³-hybridized carbons (Fsp3) is 0.700. The number of ether oxygens (including phenoxy) is 1. The highest BCUT2D eigenvalue weighted by Crippen LogP contribution is 2.36. The summed E-state index contributed by atoms with van der Waals surface area (Å²) >= 11 is 0. The molecular weight excluding hydrogens is 314 g/mol. The van der Waals surface area contributed by atoms with Crippen molar-refractivity contribution in [3.05, 3.63) is 29.8 Å². The Morgan fingerprint density at radius 1 is 1.04 bits per heavy atom. The highest BCUT2D eigenvalue weighted by molar-refractivity contribution is 6.74. The molecule has 1 aromatic rings. The van der Waals surface area contributed by atoms with Gasteiger partial charge in [-0.3, -0.25) is 0 Å². The summed E-state index contributed by atoms with van der Waals surface area (Å²) < 4.78 is 12.3. The van der Waals surface area contributed by atoms with Crippen LogP contribution < -0.4 is 4.90 Å². The molecule has 2 rings (SSSR count). The van der Waals surface area contributed by atoms with Crippen LogP contribution in [0.25, 0.3) is 0 Å². The third-order valence-electron chi connectivity index (χ3n) is 5.55. The molecular formula is C20H35NO2Si. The lowest BCUT2D eigenvalue weighted by Gasteiger charge is -2.36. The van der Waals surface area contributed by atoms with Crippen LogP contribution in [0.15, 0.2) is 24.3 Å². The van der Waals surface area contributed by atoms with E-state index in [1.165, 1.54) is 11.3 Å². The lowest BCUT2D eigenvalue weighted by molar-refractivity contribution is 0.0180. The van der Waals surface area contributed by atoms with Gasteiger partial charge in [0.1, 0.15) is 0 Å². The molecule has 3 nitrogen and oxygen atoms in total. The Labute approximate surface area is 149 Å². The van der Waals surface area contributed by atoms with Gasteiger partial charge in [-0.25, -0.2) is 0 Å². The number of anilines is 1. The lowest BCUT2D eigenvalue weighted by Crippen LogP contribution is -2.42. The van der Waals surface area contributed by atoms with Gasteiger partial charge in [-0.05, 0) is 50.0 Å². The summed E-state index contributed by atoms with van der Waals surface area (Å²) in [6.07, 6.45) is 2.59. The minimum atomic E-state index is -1.64. The Kier molecular flexibility index (Phi) is 6.51. The molecule has 1 aliphatic rings. The Hall–Kier alpha value is -0.843. The zero-order valence-corrected chi connectivity index (χ0v) is 17.4. The number of piperidine rings is 1. The van der Waals surface area contributed by atoms with Crippen LogP contribution in [0.5, 0.6) is 0 Å². The second-order valence-electron chi connectivity index (χ2n) is 8.50. The van der Waals surface area contributed by atoms with Gasteiger partial charge in [0.25, 0.3) is 0 Å².